The van der Waals surface area contributed by atoms with Gasteiger partial charge in [-0.25, -0.2) is 4.98 Å². The first-order valence-electron chi connectivity index (χ1n) is 15.8. The van der Waals surface area contributed by atoms with Gasteiger partial charge in [-0.15, -0.1) is 0 Å². The number of hydrogen-bond donors (Lipinski definition) is 4. The number of methoxy groups -OCH3 is 1. The molecule has 0 spiro atoms. The third kappa shape index (κ3) is 7.06. The zero-order valence-electron chi connectivity index (χ0n) is 26.1. The van der Waals surface area contributed by atoms with Crippen molar-refractivity contribution in [1.82, 2.24) is 25.9 Å². The lowest BCUT2D eigenvalue weighted by Crippen LogP contribution is -2.35. The van der Waals surface area contributed by atoms with Gasteiger partial charge in [0, 0.05) is 72.2 Å². The minimum absolute atomic E-state index is 0.105. The lowest BCUT2D eigenvalue weighted by Gasteiger charge is -2.27. The maximum Gasteiger partial charge on any atom is 0.220 e. The van der Waals surface area contributed by atoms with Gasteiger partial charge in [0.25, 0.3) is 0 Å². The van der Waals surface area contributed by atoms with Crippen LogP contribution in [-0.2, 0) is 17.8 Å². The number of ether oxygens (including phenoxy) is 1. The molecule has 10 heteroatoms. The second-order valence-corrected chi connectivity index (χ2v) is 12.9. The van der Waals surface area contributed by atoms with Crippen molar-refractivity contribution < 1.29 is 14.6 Å². The van der Waals surface area contributed by atoms with E-state index >= 15 is 0 Å². The average Bonchev–Trinajstić information content (AvgIpc) is 3.48. The number of aromatic nitrogens is 2. The van der Waals surface area contributed by atoms with Gasteiger partial charge in [-0.2, -0.15) is 0 Å². The molecule has 0 saturated carbocycles. The molecule has 46 heavy (non-hydrogen) atoms. The number of benzene rings is 2. The minimum Gasteiger partial charge on any atom is -0.481 e. The van der Waals surface area contributed by atoms with Crippen molar-refractivity contribution >= 4 is 29.1 Å². The fourth-order valence-corrected chi connectivity index (χ4v) is 7.07. The van der Waals surface area contributed by atoms with Crippen molar-refractivity contribution in [3.8, 4) is 39.5 Å². The van der Waals surface area contributed by atoms with Crippen molar-refractivity contribution in [2.45, 2.75) is 63.8 Å². The lowest BCUT2D eigenvalue weighted by atomic mass is 9.86. The number of aliphatic hydroxyl groups excluding tert-OH is 1. The molecule has 3 heterocycles. The molecule has 240 valence electrons. The molecule has 1 fully saturated rings. The fraction of sp³-hybridized carbons (Fsp3) is 0.361. The van der Waals surface area contributed by atoms with E-state index in [1.165, 1.54) is 11.1 Å². The summed E-state index contributed by atoms with van der Waals surface area (Å²) < 4.78 is 5.65. The highest BCUT2D eigenvalue weighted by atomic mass is 35.5. The van der Waals surface area contributed by atoms with Crippen LogP contribution < -0.4 is 20.7 Å². The van der Waals surface area contributed by atoms with Crippen LogP contribution in [0.4, 0.5) is 0 Å². The molecule has 2 aromatic heterocycles. The minimum atomic E-state index is -0.390. The van der Waals surface area contributed by atoms with Gasteiger partial charge in [0.2, 0.25) is 11.8 Å². The third-order valence-electron chi connectivity index (χ3n) is 8.77. The number of carbonyl (C=O) groups is 1. The Labute approximate surface area is 279 Å². The van der Waals surface area contributed by atoms with Gasteiger partial charge in [0.15, 0.2) is 0 Å². The molecule has 4 N–H and O–H groups in total. The number of nitrogens with one attached hydrogen (secondary N) is 3. The normalized spacial score (nSPS) is 18.2. The number of halogens is 2. The highest BCUT2D eigenvalue weighted by molar-refractivity contribution is 6.39. The quantitative estimate of drug-likeness (QED) is 0.145. The van der Waals surface area contributed by atoms with Crippen LogP contribution in [-0.4, -0.2) is 53.3 Å². The number of rotatable bonds is 11. The van der Waals surface area contributed by atoms with Crippen molar-refractivity contribution in [2.24, 2.45) is 0 Å². The summed E-state index contributed by atoms with van der Waals surface area (Å²) in [4.78, 5) is 21.0. The predicted octanol–water partition coefficient (Wildman–Crippen LogP) is 6.51. The SMILES string of the molecule is COc1nc(-c2cccc(-c3ccnc(-c4ccc5c(c4)CCCC5NCC(C)O)c3Cl)c2Cl)ccc1CNC[C@@H]1CCC(=O)N1. The van der Waals surface area contributed by atoms with Gasteiger partial charge in [-0.3, -0.25) is 9.78 Å². The Morgan fingerprint density at radius 2 is 1.87 bits per heavy atom. The largest absolute Gasteiger partial charge is 0.481 e. The molecule has 1 aliphatic carbocycles. The number of hydrogen-bond acceptors (Lipinski definition) is 7. The molecule has 3 atom stereocenters. The van der Waals surface area contributed by atoms with Crippen LogP contribution in [0.25, 0.3) is 33.6 Å². The zero-order valence-corrected chi connectivity index (χ0v) is 27.6. The van der Waals surface area contributed by atoms with E-state index in [1.54, 1.807) is 20.2 Å². The highest BCUT2D eigenvalue weighted by Gasteiger charge is 2.23. The van der Waals surface area contributed by atoms with Crippen molar-refractivity contribution in [3.05, 3.63) is 87.5 Å². The molecular weight excluding hydrogens is 621 g/mol. The average molecular weight is 661 g/mol. The second kappa shape index (κ2) is 14.5. The van der Waals surface area contributed by atoms with E-state index < -0.39 is 0 Å². The Morgan fingerprint density at radius 1 is 1.04 bits per heavy atom. The van der Waals surface area contributed by atoms with Crippen molar-refractivity contribution in [2.75, 3.05) is 20.2 Å². The molecular formula is C36H39Cl2N5O3. The van der Waals surface area contributed by atoms with Crippen LogP contribution in [0.15, 0.2) is 60.8 Å². The topological polar surface area (TPSA) is 108 Å². The molecule has 1 saturated heterocycles. The summed E-state index contributed by atoms with van der Waals surface area (Å²) in [6.07, 6.45) is 5.92. The molecule has 0 radical (unpaired) electrons. The summed E-state index contributed by atoms with van der Waals surface area (Å²) in [5.41, 5.74) is 8.16. The summed E-state index contributed by atoms with van der Waals surface area (Å²) in [5.74, 6) is 0.621. The van der Waals surface area contributed by atoms with Crippen LogP contribution in [0.5, 0.6) is 5.88 Å². The van der Waals surface area contributed by atoms with E-state index in [1.807, 2.05) is 36.4 Å². The summed E-state index contributed by atoms with van der Waals surface area (Å²) >= 11 is 14.2. The predicted molar refractivity (Wildman–Crippen MR) is 183 cm³/mol. The van der Waals surface area contributed by atoms with Crippen molar-refractivity contribution in [3.63, 3.8) is 0 Å². The van der Waals surface area contributed by atoms with Gasteiger partial charge in [-0.1, -0.05) is 59.6 Å². The van der Waals surface area contributed by atoms with E-state index in [4.69, 9.17) is 32.9 Å². The first-order chi connectivity index (χ1) is 22.3. The number of amides is 1. The van der Waals surface area contributed by atoms with E-state index in [9.17, 15) is 9.90 Å². The Bertz CT molecular complexity index is 1730. The van der Waals surface area contributed by atoms with Gasteiger partial charge in [0.05, 0.1) is 34.6 Å². The lowest BCUT2D eigenvalue weighted by molar-refractivity contribution is -0.119. The Kier molecular flexibility index (Phi) is 10.2. The first-order valence-corrected chi connectivity index (χ1v) is 16.6. The number of aryl methyl sites for hydroxylation is 1. The number of pyridine rings is 2. The summed E-state index contributed by atoms with van der Waals surface area (Å²) in [5, 5.41) is 20.7. The number of aliphatic hydroxyl groups is 1. The van der Waals surface area contributed by atoms with E-state index in [0.717, 1.165) is 53.5 Å². The van der Waals surface area contributed by atoms with Crippen LogP contribution in [0, 0.1) is 0 Å². The Morgan fingerprint density at radius 3 is 2.65 bits per heavy atom. The molecule has 8 nitrogen and oxygen atoms in total. The molecule has 2 aliphatic rings. The summed E-state index contributed by atoms with van der Waals surface area (Å²) in [7, 11) is 1.61. The van der Waals surface area contributed by atoms with Crippen LogP contribution in [0.1, 0.15) is 55.3 Å². The molecule has 6 rings (SSSR count). The number of nitrogens with zero attached hydrogens (tertiary/aromatic N) is 2. The van der Waals surface area contributed by atoms with E-state index in [0.29, 0.717) is 53.4 Å². The highest BCUT2D eigenvalue weighted by Crippen LogP contribution is 2.42. The third-order valence-corrected chi connectivity index (χ3v) is 9.56. The van der Waals surface area contributed by atoms with Crippen LogP contribution >= 0.6 is 23.2 Å². The molecule has 1 amide bonds. The van der Waals surface area contributed by atoms with E-state index in [2.05, 4.69) is 39.1 Å². The monoisotopic (exact) mass is 659 g/mol. The summed E-state index contributed by atoms with van der Waals surface area (Å²) in [6.45, 7) is 3.61. The Hall–Kier alpha value is -3.53. The first kappa shape index (κ1) is 32.4. The molecule has 1 aliphatic heterocycles. The molecule has 4 aromatic rings. The molecule has 2 aromatic carbocycles. The van der Waals surface area contributed by atoms with Gasteiger partial charge < -0.3 is 25.8 Å². The smallest absolute Gasteiger partial charge is 0.220 e. The Balaban J connectivity index is 1.25. The fourth-order valence-electron chi connectivity index (χ4n) is 6.42. The number of fused-ring (bicyclic) bond motifs is 1. The van der Waals surface area contributed by atoms with Crippen LogP contribution in [0.3, 0.4) is 0 Å². The maximum absolute atomic E-state index is 11.5. The summed E-state index contributed by atoms with van der Waals surface area (Å²) in [6, 6.07) is 18.5. The van der Waals surface area contributed by atoms with Gasteiger partial charge >= 0.3 is 0 Å². The van der Waals surface area contributed by atoms with Crippen molar-refractivity contribution in [1.29, 1.82) is 0 Å². The van der Waals surface area contributed by atoms with Gasteiger partial charge in [0.1, 0.15) is 0 Å². The van der Waals surface area contributed by atoms with E-state index in [-0.39, 0.29) is 24.1 Å². The second-order valence-electron chi connectivity index (χ2n) is 12.1. The molecule has 2 unspecified atom stereocenters. The standard InChI is InChI=1S/C36H39Cl2N5O3/c1-21(44)18-41-30-8-3-5-22-17-23(9-12-26(22)30)35-34(38)28(15-16-40-35)27-6-4-7-29(33(27)37)31-13-10-24(36(43-31)46-2)19-39-20-25-11-14-32(45)42-25/h4,6-7,9-10,12-13,15-17,21,25,30,39,41,44H,3,5,8,11,14,18-20H2,1-2H3,(H,42,45)/t21?,25-,30?/m0/s1. The van der Waals surface area contributed by atoms with Crippen LogP contribution in [0.2, 0.25) is 10.0 Å². The number of carbonyl (C=O) groups excluding carboxylic acids is 1. The molecule has 0 bridgehead atoms. The van der Waals surface area contributed by atoms with Gasteiger partial charge in [-0.05, 0) is 61.9 Å². The maximum atomic E-state index is 11.5. The zero-order chi connectivity index (χ0) is 32.2.